The van der Waals surface area contributed by atoms with E-state index >= 15 is 0 Å². The number of nitrogens with zero attached hydrogens (tertiary/aromatic N) is 2. The molecule has 0 fully saturated rings. The number of fused-ring (bicyclic) bond motifs is 7. The summed E-state index contributed by atoms with van der Waals surface area (Å²) in [6.45, 7) is 4.71. The highest BCUT2D eigenvalue weighted by Gasteiger charge is 2.37. The molecule has 2 nitrogen and oxygen atoms in total. The van der Waals surface area contributed by atoms with E-state index in [4.69, 9.17) is 0 Å². The maximum absolute atomic E-state index is 2.46. The lowest BCUT2D eigenvalue weighted by Gasteiger charge is -2.29. The van der Waals surface area contributed by atoms with Crippen molar-refractivity contribution in [3.63, 3.8) is 0 Å². The predicted octanol–water partition coefficient (Wildman–Crippen LogP) is 13.4. The van der Waals surface area contributed by atoms with Crippen molar-refractivity contribution in [2.24, 2.45) is 0 Å². The molecule has 8 aromatic carbocycles. The van der Waals surface area contributed by atoms with Crippen LogP contribution in [-0.4, -0.2) is 4.57 Å². The van der Waals surface area contributed by atoms with Crippen molar-refractivity contribution < 1.29 is 0 Å². The van der Waals surface area contributed by atoms with E-state index in [9.17, 15) is 0 Å². The molecule has 0 saturated carbocycles. The average Bonchev–Trinajstić information content (AvgIpc) is 3.64. The zero-order valence-corrected chi connectivity index (χ0v) is 28.7. The van der Waals surface area contributed by atoms with Gasteiger partial charge in [0.1, 0.15) is 0 Å². The Morgan fingerprint density at radius 3 is 1.82 bits per heavy atom. The van der Waals surface area contributed by atoms with Gasteiger partial charge < -0.3 is 9.47 Å². The molecule has 1 aliphatic rings. The van der Waals surface area contributed by atoms with Gasteiger partial charge in [0.05, 0.1) is 16.7 Å². The molecule has 0 aliphatic heterocycles. The number of hydrogen-bond acceptors (Lipinski definition) is 1. The van der Waals surface area contributed by atoms with Gasteiger partial charge in [-0.3, -0.25) is 0 Å². The third-order valence-corrected chi connectivity index (χ3v) is 11.0. The fraction of sp³-hybridized carbons (Fsp3) is 0.0612. The van der Waals surface area contributed by atoms with Gasteiger partial charge in [0.25, 0.3) is 0 Å². The van der Waals surface area contributed by atoms with E-state index in [0.717, 1.165) is 17.1 Å². The lowest BCUT2D eigenvalue weighted by atomic mass is 9.82. The monoisotopic (exact) mass is 652 g/mol. The number of para-hydroxylation sites is 2. The zero-order valence-electron chi connectivity index (χ0n) is 28.7. The summed E-state index contributed by atoms with van der Waals surface area (Å²) in [5, 5.41) is 5.04. The summed E-state index contributed by atoms with van der Waals surface area (Å²) in [5.41, 5.74) is 14.7. The van der Waals surface area contributed by atoms with Crippen LogP contribution in [0, 0.1) is 0 Å². The molecule has 2 heteroatoms. The molecule has 0 bridgehead atoms. The van der Waals surface area contributed by atoms with E-state index in [1.54, 1.807) is 0 Å². The van der Waals surface area contributed by atoms with Crippen molar-refractivity contribution in [2.75, 3.05) is 4.90 Å². The van der Waals surface area contributed by atoms with Gasteiger partial charge in [-0.05, 0) is 93.2 Å². The average molecular weight is 653 g/mol. The largest absolute Gasteiger partial charge is 0.310 e. The third-order valence-electron chi connectivity index (χ3n) is 11.0. The number of hydrogen-bond donors (Lipinski definition) is 0. The van der Waals surface area contributed by atoms with Crippen molar-refractivity contribution in [1.82, 2.24) is 4.57 Å². The van der Waals surface area contributed by atoms with Crippen LogP contribution in [0.3, 0.4) is 0 Å². The summed E-state index contributed by atoms with van der Waals surface area (Å²) in [5.74, 6) is 0. The summed E-state index contributed by atoms with van der Waals surface area (Å²) in [6, 6.07) is 66.6. The summed E-state index contributed by atoms with van der Waals surface area (Å²) in [7, 11) is 0. The predicted molar refractivity (Wildman–Crippen MR) is 216 cm³/mol. The molecule has 1 heterocycles. The minimum atomic E-state index is -0.0984. The smallest absolute Gasteiger partial charge is 0.0543 e. The molecule has 0 N–H and O–H groups in total. The van der Waals surface area contributed by atoms with Gasteiger partial charge >= 0.3 is 0 Å². The van der Waals surface area contributed by atoms with Crippen LogP contribution in [0.2, 0.25) is 0 Å². The molecule has 0 atom stereocenters. The van der Waals surface area contributed by atoms with E-state index in [2.05, 4.69) is 205 Å². The fourth-order valence-corrected chi connectivity index (χ4v) is 8.59. The molecule has 242 valence electrons. The van der Waals surface area contributed by atoms with Gasteiger partial charge in [0.15, 0.2) is 0 Å². The molecular weight excluding hydrogens is 617 g/mol. The van der Waals surface area contributed by atoms with Crippen LogP contribution in [0.15, 0.2) is 182 Å². The maximum atomic E-state index is 2.46. The fourth-order valence-electron chi connectivity index (χ4n) is 8.59. The Labute approximate surface area is 298 Å². The molecule has 1 aliphatic carbocycles. The molecule has 9 aromatic rings. The van der Waals surface area contributed by atoms with Gasteiger partial charge in [-0.1, -0.05) is 141 Å². The normalized spacial score (nSPS) is 13.1. The Bertz CT molecular complexity index is 2720. The summed E-state index contributed by atoms with van der Waals surface area (Å²) in [6.07, 6.45) is 0. The molecule has 1 aromatic heterocycles. The molecule has 0 saturated heterocycles. The minimum Gasteiger partial charge on any atom is -0.310 e. The van der Waals surface area contributed by atoms with Crippen molar-refractivity contribution in [2.45, 2.75) is 19.3 Å². The van der Waals surface area contributed by atoms with E-state index in [1.807, 2.05) is 0 Å². The maximum Gasteiger partial charge on any atom is 0.0543 e. The Hall–Kier alpha value is -6.38. The zero-order chi connectivity index (χ0) is 34.1. The highest BCUT2D eigenvalue weighted by molar-refractivity contribution is 6.09. The van der Waals surface area contributed by atoms with Crippen molar-refractivity contribution in [3.8, 4) is 27.9 Å². The van der Waals surface area contributed by atoms with Crippen LogP contribution in [-0.2, 0) is 5.41 Å². The first-order valence-electron chi connectivity index (χ1n) is 17.8. The summed E-state index contributed by atoms with van der Waals surface area (Å²) >= 11 is 0. The first kappa shape index (κ1) is 29.5. The number of rotatable bonds is 5. The number of aromatic nitrogens is 1. The SMILES string of the molecule is CC1(C)c2ccccc2-c2c(N(c3ccc(-n4c5ccccc5c5ccccc54)cc3)c3cccc(-c4cccc5ccccc45)c3)cccc21. The lowest BCUT2D eigenvalue weighted by molar-refractivity contribution is 0.660. The van der Waals surface area contributed by atoms with E-state index in [1.165, 1.54) is 71.6 Å². The first-order valence-corrected chi connectivity index (χ1v) is 17.8. The van der Waals surface area contributed by atoms with Crippen LogP contribution in [0.4, 0.5) is 17.1 Å². The highest BCUT2D eigenvalue weighted by Crippen LogP contribution is 2.54. The van der Waals surface area contributed by atoms with Gasteiger partial charge in [0.2, 0.25) is 0 Å². The van der Waals surface area contributed by atoms with Crippen molar-refractivity contribution in [3.05, 3.63) is 193 Å². The second kappa shape index (κ2) is 11.3. The first-order chi connectivity index (χ1) is 25.1. The molecule has 0 radical (unpaired) electrons. The number of benzene rings is 8. The second-order valence-corrected chi connectivity index (χ2v) is 14.2. The van der Waals surface area contributed by atoms with E-state index in [-0.39, 0.29) is 5.41 Å². The van der Waals surface area contributed by atoms with Crippen molar-refractivity contribution >= 4 is 49.6 Å². The van der Waals surface area contributed by atoms with Crippen LogP contribution in [0.5, 0.6) is 0 Å². The standard InChI is InChI=1S/C49H36N2/c1-49(2)43-23-8-5-21-42(43)48-44(49)24-13-27-47(48)50(37-17-11-16-34(32-37)39-22-12-15-33-14-3-4-18-38(33)39)35-28-30-36(31-29-35)51-45-25-9-6-19-40(45)41-20-7-10-26-46(41)51/h3-32H,1-2H3. The molecule has 51 heavy (non-hydrogen) atoms. The quantitative estimate of drug-likeness (QED) is 0.180. The van der Waals surface area contributed by atoms with Gasteiger partial charge in [-0.2, -0.15) is 0 Å². The Morgan fingerprint density at radius 1 is 0.451 bits per heavy atom. The van der Waals surface area contributed by atoms with Crippen LogP contribution >= 0.6 is 0 Å². The minimum absolute atomic E-state index is 0.0984. The topological polar surface area (TPSA) is 8.17 Å². The van der Waals surface area contributed by atoms with Crippen LogP contribution < -0.4 is 4.90 Å². The Balaban J connectivity index is 1.19. The summed E-state index contributed by atoms with van der Waals surface area (Å²) < 4.78 is 2.39. The van der Waals surface area contributed by atoms with Crippen molar-refractivity contribution in [1.29, 1.82) is 0 Å². The van der Waals surface area contributed by atoms with Gasteiger partial charge in [-0.25, -0.2) is 0 Å². The summed E-state index contributed by atoms with van der Waals surface area (Å²) in [4.78, 5) is 2.46. The van der Waals surface area contributed by atoms with E-state index in [0.29, 0.717) is 0 Å². The Morgan fingerprint density at radius 2 is 1.04 bits per heavy atom. The molecule has 0 amide bonds. The lowest BCUT2D eigenvalue weighted by Crippen LogP contribution is -2.16. The molecule has 10 rings (SSSR count). The third kappa shape index (κ3) is 4.50. The van der Waals surface area contributed by atoms with Gasteiger partial charge in [0, 0.05) is 38.8 Å². The molecule has 0 unspecified atom stereocenters. The van der Waals surface area contributed by atoms with Crippen LogP contribution in [0.1, 0.15) is 25.0 Å². The van der Waals surface area contributed by atoms with Gasteiger partial charge in [-0.15, -0.1) is 0 Å². The molecular formula is C49H36N2. The Kier molecular flexibility index (Phi) is 6.56. The van der Waals surface area contributed by atoms with Crippen LogP contribution in [0.25, 0.3) is 60.5 Å². The highest BCUT2D eigenvalue weighted by atomic mass is 15.1. The molecule has 0 spiro atoms. The van der Waals surface area contributed by atoms with E-state index < -0.39 is 0 Å². The number of anilines is 3. The second-order valence-electron chi connectivity index (χ2n) is 14.2.